The van der Waals surface area contributed by atoms with Crippen molar-refractivity contribution < 1.29 is 19.0 Å². The van der Waals surface area contributed by atoms with Gasteiger partial charge in [-0.25, -0.2) is 4.68 Å². The first-order chi connectivity index (χ1) is 11.6. The van der Waals surface area contributed by atoms with E-state index in [1.54, 1.807) is 21.1 Å². The Bertz CT molecular complexity index is 857. The molecule has 0 fully saturated rings. The summed E-state index contributed by atoms with van der Waals surface area (Å²) in [5.41, 5.74) is 3.05. The van der Waals surface area contributed by atoms with E-state index in [1.807, 2.05) is 12.1 Å². The van der Waals surface area contributed by atoms with Crippen LogP contribution in [-0.4, -0.2) is 36.6 Å². The van der Waals surface area contributed by atoms with Crippen LogP contribution in [0, 0.1) is 0 Å². The molecular formula is C17H18N2O5. The van der Waals surface area contributed by atoms with Gasteiger partial charge in [0.1, 0.15) is 6.54 Å². The second-order valence-corrected chi connectivity index (χ2v) is 5.36. The van der Waals surface area contributed by atoms with E-state index in [9.17, 15) is 9.59 Å². The maximum atomic E-state index is 12.2. The lowest BCUT2D eigenvalue weighted by atomic mass is 10.1. The van der Waals surface area contributed by atoms with Crippen LogP contribution in [0.15, 0.2) is 23.0 Å². The lowest BCUT2D eigenvalue weighted by Gasteiger charge is -2.10. The molecule has 0 spiro atoms. The predicted molar refractivity (Wildman–Crippen MR) is 86.5 cm³/mol. The molecule has 0 radical (unpaired) electrons. The number of rotatable bonds is 5. The summed E-state index contributed by atoms with van der Waals surface area (Å²) in [5, 5.41) is 4.35. The summed E-state index contributed by atoms with van der Waals surface area (Å²) in [6.07, 6.45) is 0.591. The van der Waals surface area contributed by atoms with Crippen molar-refractivity contribution in [3.05, 3.63) is 39.7 Å². The highest BCUT2D eigenvalue weighted by atomic mass is 16.5. The number of hydrogen-bond donors (Lipinski definition) is 0. The van der Waals surface area contributed by atoms with Crippen LogP contribution in [0.5, 0.6) is 11.5 Å². The van der Waals surface area contributed by atoms with E-state index in [0.29, 0.717) is 23.6 Å². The van der Waals surface area contributed by atoms with E-state index in [2.05, 4.69) is 5.10 Å². The molecule has 1 aliphatic rings. The van der Waals surface area contributed by atoms with E-state index < -0.39 is 5.97 Å². The van der Waals surface area contributed by atoms with Crippen molar-refractivity contribution in [2.24, 2.45) is 0 Å². The van der Waals surface area contributed by atoms with Crippen molar-refractivity contribution in [3.63, 3.8) is 0 Å². The number of esters is 1. The predicted octanol–water partition coefficient (Wildman–Crippen LogP) is 1.39. The van der Waals surface area contributed by atoms with E-state index in [4.69, 9.17) is 14.2 Å². The van der Waals surface area contributed by atoms with Crippen LogP contribution in [0.3, 0.4) is 0 Å². The molecule has 0 atom stereocenters. The lowest BCUT2D eigenvalue weighted by Crippen LogP contribution is -2.27. The topological polar surface area (TPSA) is 79.7 Å². The van der Waals surface area contributed by atoms with Crippen LogP contribution >= 0.6 is 0 Å². The monoisotopic (exact) mass is 330 g/mol. The number of carbonyl (C=O) groups is 1. The Labute approximate surface area is 138 Å². The summed E-state index contributed by atoms with van der Waals surface area (Å²) >= 11 is 0. The van der Waals surface area contributed by atoms with Crippen molar-refractivity contribution in [2.75, 3.05) is 20.8 Å². The minimum atomic E-state index is -0.488. The fraction of sp³-hybridized carbons (Fsp3) is 0.353. The highest BCUT2D eigenvalue weighted by Crippen LogP contribution is 2.41. The SMILES string of the molecule is CCOC(=O)Cn1nc2c(cc1=O)Cc1cc(OC)c(OC)cc1-2. The average Bonchev–Trinajstić information content (AvgIpc) is 2.90. The maximum absolute atomic E-state index is 12.2. The first kappa shape index (κ1) is 16.0. The molecule has 7 nitrogen and oxygen atoms in total. The van der Waals surface area contributed by atoms with Crippen molar-refractivity contribution in [2.45, 2.75) is 19.9 Å². The number of benzene rings is 1. The molecule has 1 heterocycles. The number of aromatic nitrogens is 2. The Hall–Kier alpha value is -2.83. The second kappa shape index (κ2) is 6.35. The van der Waals surface area contributed by atoms with Gasteiger partial charge in [-0.15, -0.1) is 0 Å². The summed E-state index contributed by atoms with van der Waals surface area (Å²) < 4.78 is 16.7. The molecule has 3 rings (SSSR count). The van der Waals surface area contributed by atoms with Gasteiger partial charge in [-0.1, -0.05) is 0 Å². The first-order valence-corrected chi connectivity index (χ1v) is 7.59. The van der Waals surface area contributed by atoms with Crippen LogP contribution < -0.4 is 15.0 Å². The molecule has 24 heavy (non-hydrogen) atoms. The van der Waals surface area contributed by atoms with Gasteiger partial charge in [-0.05, 0) is 30.2 Å². The van der Waals surface area contributed by atoms with Crippen LogP contribution in [0.2, 0.25) is 0 Å². The summed E-state index contributed by atoms with van der Waals surface area (Å²) in [5.74, 6) is 0.734. The zero-order chi connectivity index (χ0) is 17.3. The van der Waals surface area contributed by atoms with Crippen molar-refractivity contribution in [3.8, 4) is 22.8 Å². The number of hydrogen-bond acceptors (Lipinski definition) is 6. The average molecular weight is 330 g/mol. The lowest BCUT2D eigenvalue weighted by molar-refractivity contribution is -0.144. The van der Waals surface area contributed by atoms with Gasteiger partial charge in [0.25, 0.3) is 5.56 Å². The molecular weight excluding hydrogens is 312 g/mol. The molecule has 0 unspecified atom stereocenters. The molecule has 1 aromatic heterocycles. The highest BCUT2D eigenvalue weighted by molar-refractivity contribution is 5.76. The van der Waals surface area contributed by atoms with Gasteiger partial charge in [-0.2, -0.15) is 5.10 Å². The minimum absolute atomic E-state index is 0.206. The number of methoxy groups -OCH3 is 2. The highest BCUT2D eigenvalue weighted by Gasteiger charge is 2.25. The third-order valence-electron chi connectivity index (χ3n) is 3.91. The van der Waals surface area contributed by atoms with Crippen molar-refractivity contribution in [1.82, 2.24) is 9.78 Å². The molecule has 0 bridgehead atoms. The Morgan fingerprint density at radius 1 is 1.17 bits per heavy atom. The molecule has 0 aliphatic heterocycles. The normalized spacial score (nSPS) is 11.6. The summed E-state index contributed by atoms with van der Waals surface area (Å²) in [6, 6.07) is 5.24. The molecule has 1 aliphatic carbocycles. The van der Waals surface area contributed by atoms with Gasteiger partial charge in [0.15, 0.2) is 11.5 Å². The van der Waals surface area contributed by atoms with Crippen molar-refractivity contribution >= 4 is 5.97 Å². The Kier molecular flexibility index (Phi) is 4.24. The molecule has 0 saturated heterocycles. The van der Waals surface area contributed by atoms with E-state index in [1.165, 1.54) is 6.07 Å². The Balaban J connectivity index is 2.05. The molecule has 2 aromatic rings. The number of nitrogens with zero attached hydrogens (tertiary/aromatic N) is 2. The fourth-order valence-electron chi connectivity index (χ4n) is 2.82. The molecule has 7 heteroatoms. The van der Waals surface area contributed by atoms with E-state index in [-0.39, 0.29) is 18.7 Å². The fourth-order valence-corrected chi connectivity index (χ4v) is 2.82. The van der Waals surface area contributed by atoms with Gasteiger partial charge in [0.2, 0.25) is 0 Å². The third kappa shape index (κ3) is 2.73. The largest absolute Gasteiger partial charge is 0.493 e. The molecule has 0 N–H and O–H groups in total. The Morgan fingerprint density at radius 2 is 1.88 bits per heavy atom. The van der Waals surface area contributed by atoms with Gasteiger partial charge in [0, 0.05) is 18.1 Å². The first-order valence-electron chi connectivity index (χ1n) is 7.59. The molecule has 0 saturated carbocycles. The number of fused-ring (bicyclic) bond motifs is 3. The standard InChI is InChI=1S/C17H18N2O5/c1-4-24-16(21)9-19-15(20)7-11-5-10-6-13(22-2)14(23-3)8-12(10)17(11)18-19/h6-8H,4-5,9H2,1-3H3. The molecule has 0 amide bonds. The zero-order valence-corrected chi connectivity index (χ0v) is 13.8. The van der Waals surface area contributed by atoms with Crippen LogP contribution in [0.1, 0.15) is 18.1 Å². The molecule has 126 valence electrons. The maximum Gasteiger partial charge on any atom is 0.327 e. The second-order valence-electron chi connectivity index (χ2n) is 5.36. The van der Waals surface area contributed by atoms with Crippen molar-refractivity contribution in [1.29, 1.82) is 0 Å². The number of carbonyl (C=O) groups excluding carboxylic acids is 1. The summed E-state index contributed by atoms with van der Waals surface area (Å²) in [4.78, 5) is 23.8. The van der Waals surface area contributed by atoms with E-state index >= 15 is 0 Å². The smallest absolute Gasteiger partial charge is 0.327 e. The van der Waals surface area contributed by atoms with Crippen LogP contribution in [0.25, 0.3) is 11.3 Å². The van der Waals surface area contributed by atoms with Gasteiger partial charge in [-0.3, -0.25) is 9.59 Å². The van der Waals surface area contributed by atoms with Crippen LogP contribution in [0.4, 0.5) is 0 Å². The van der Waals surface area contributed by atoms with Gasteiger partial charge < -0.3 is 14.2 Å². The van der Waals surface area contributed by atoms with Crippen LogP contribution in [-0.2, 0) is 22.5 Å². The van der Waals surface area contributed by atoms with Gasteiger partial charge in [0.05, 0.1) is 26.5 Å². The van der Waals surface area contributed by atoms with Gasteiger partial charge >= 0.3 is 5.97 Å². The third-order valence-corrected chi connectivity index (χ3v) is 3.91. The number of ether oxygens (including phenoxy) is 3. The Morgan fingerprint density at radius 3 is 2.54 bits per heavy atom. The summed E-state index contributed by atoms with van der Waals surface area (Å²) in [7, 11) is 3.14. The zero-order valence-electron chi connectivity index (χ0n) is 13.8. The summed E-state index contributed by atoms with van der Waals surface area (Å²) in [6.45, 7) is 1.77. The quantitative estimate of drug-likeness (QED) is 0.658. The van der Waals surface area contributed by atoms with E-state index in [0.717, 1.165) is 21.4 Å². The minimum Gasteiger partial charge on any atom is -0.493 e. The molecule has 1 aromatic carbocycles.